The first-order valence-corrected chi connectivity index (χ1v) is 1.97. The molecule has 0 aromatic carbocycles. The van der Waals surface area contributed by atoms with Crippen molar-refractivity contribution in [2.75, 3.05) is 13.6 Å². The molecule has 0 fully saturated rings. The fourth-order valence-electron chi connectivity index (χ4n) is 0.0833. The summed E-state index contributed by atoms with van der Waals surface area (Å²) >= 11 is 4.46. The fourth-order valence-corrected chi connectivity index (χ4v) is 0.250. The molecular weight excluding hydrogens is 82.1 g/mol. The smallest absolute Gasteiger partial charge is 0.0235 e. The molecule has 0 saturated carbocycles. The summed E-state index contributed by atoms with van der Waals surface area (Å²) in [7, 11) is 1.86. The zero-order chi connectivity index (χ0) is 4.12. The summed E-state index contributed by atoms with van der Waals surface area (Å²) in [6, 6.07) is 0. The lowest BCUT2D eigenvalue weighted by Gasteiger charge is -1.78. The molecule has 0 aliphatic rings. The highest BCUT2D eigenvalue weighted by Gasteiger charge is 1.58. The average Bonchev–Trinajstić information content (AvgIpc) is 1.41. The zero-order valence-corrected chi connectivity index (χ0v) is 4.01. The predicted molar refractivity (Wildman–Crippen MR) is 27.6 cm³/mol. The Kier molecular flexibility index (Phi) is 4.09. The van der Waals surface area contributed by atoms with Crippen molar-refractivity contribution >= 4 is 17.6 Å². The molecule has 0 radical (unpaired) electrons. The minimum Gasteiger partial charge on any atom is -0.315 e. The van der Waals surface area contributed by atoms with E-state index in [9.17, 15) is 0 Å². The third-order valence-corrected chi connectivity index (χ3v) is 0.454. The molecule has 0 amide bonds. The van der Waals surface area contributed by atoms with E-state index in [-0.39, 0.29) is 0 Å². The molecule has 0 heterocycles. The zero-order valence-electron chi connectivity index (χ0n) is 3.19. The van der Waals surface area contributed by atoms with Crippen molar-refractivity contribution < 1.29 is 0 Å². The Bertz CT molecular complexity index is 28.1. The van der Waals surface area contributed by atoms with Gasteiger partial charge in [-0.15, -0.1) is 0 Å². The van der Waals surface area contributed by atoms with Crippen LogP contribution in [0.25, 0.3) is 0 Å². The Balaban J connectivity index is 2.40. The van der Waals surface area contributed by atoms with Crippen LogP contribution in [0, 0.1) is 0 Å². The quantitative estimate of drug-likeness (QED) is 0.485. The van der Waals surface area contributed by atoms with Crippen molar-refractivity contribution in [3.05, 3.63) is 0 Å². The van der Waals surface area contributed by atoms with Gasteiger partial charge in [0, 0.05) is 6.54 Å². The van der Waals surface area contributed by atoms with E-state index >= 15 is 0 Å². The molecule has 0 aliphatic carbocycles. The Labute approximate surface area is 37.4 Å². The van der Waals surface area contributed by atoms with Gasteiger partial charge in [-0.05, 0) is 12.4 Å². The van der Waals surface area contributed by atoms with Crippen LogP contribution in [0.4, 0.5) is 0 Å². The third kappa shape index (κ3) is 4.05. The molecule has 1 nitrogen and oxygen atoms in total. The van der Waals surface area contributed by atoms with Crippen LogP contribution in [0.15, 0.2) is 0 Å². The maximum atomic E-state index is 4.46. The number of nitrogens with one attached hydrogen (secondary N) is 1. The molecule has 0 spiro atoms. The first-order valence-electron chi connectivity index (χ1n) is 1.50. The van der Waals surface area contributed by atoms with E-state index < -0.39 is 0 Å². The van der Waals surface area contributed by atoms with Crippen molar-refractivity contribution in [2.24, 2.45) is 0 Å². The van der Waals surface area contributed by atoms with E-state index in [1.54, 1.807) is 5.37 Å². The molecule has 0 aromatic rings. The summed E-state index contributed by atoms with van der Waals surface area (Å²) in [5, 5.41) is 4.51. The molecule has 5 heavy (non-hydrogen) atoms. The van der Waals surface area contributed by atoms with Crippen LogP contribution in [-0.2, 0) is 0 Å². The Morgan fingerprint density at radius 3 is 2.60 bits per heavy atom. The lowest BCUT2D eigenvalue weighted by atomic mass is 10.8. The van der Waals surface area contributed by atoms with Gasteiger partial charge in [0.05, 0.1) is 0 Å². The summed E-state index contributed by atoms with van der Waals surface area (Å²) in [5.74, 6) is 0. The van der Waals surface area contributed by atoms with Crippen molar-refractivity contribution in [1.82, 2.24) is 5.32 Å². The molecule has 0 aliphatic heterocycles. The third-order valence-electron chi connectivity index (χ3n) is 0.287. The van der Waals surface area contributed by atoms with Gasteiger partial charge in [0.25, 0.3) is 0 Å². The standard InChI is InChI=1S/C3H7NS/c1-4-2-3-5/h3-4H,2H2,1H3. The molecule has 1 N–H and O–H groups in total. The van der Waals surface area contributed by atoms with E-state index in [2.05, 4.69) is 17.5 Å². The Morgan fingerprint density at radius 2 is 2.60 bits per heavy atom. The van der Waals surface area contributed by atoms with Crippen LogP contribution >= 0.6 is 12.2 Å². The predicted octanol–water partition coefficient (Wildman–Crippen LogP) is 0.205. The number of thiocarbonyl (C=S) groups is 1. The first-order chi connectivity index (χ1) is 2.41. The van der Waals surface area contributed by atoms with E-state index in [0.717, 1.165) is 6.54 Å². The Hall–Kier alpha value is 0.0500. The SMILES string of the molecule is CNCC=S. The highest BCUT2D eigenvalue weighted by atomic mass is 32.1. The van der Waals surface area contributed by atoms with Crippen LogP contribution in [0.1, 0.15) is 0 Å². The van der Waals surface area contributed by atoms with Crippen LogP contribution in [0.2, 0.25) is 0 Å². The van der Waals surface area contributed by atoms with E-state index in [0.29, 0.717) is 0 Å². The molecule has 0 aromatic heterocycles. The molecule has 0 bridgehead atoms. The number of hydrogen-bond acceptors (Lipinski definition) is 2. The average molecular weight is 89.2 g/mol. The topological polar surface area (TPSA) is 12.0 Å². The summed E-state index contributed by atoms with van der Waals surface area (Å²) in [4.78, 5) is 0. The maximum Gasteiger partial charge on any atom is 0.0235 e. The first kappa shape index (κ1) is 5.05. The summed E-state index contributed by atoms with van der Waals surface area (Å²) in [6.45, 7) is 0.829. The van der Waals surface area contributed by atoms with Crippen molar-refractivity contribution in [3.63, 3.8) is 0 Å². The highest BCUT2D eigenvalue weighted by molar-refractivity contribution is 7.79. The van der Waals surface area contributed by atoms with Crippen LogP contribution in [0.3, 0.4) is 0 Å². The molecule has 0 unspecified atom stereocenters. The fraction of sp³-hybridized carbons (Fsp3) is 0.667. The van der Waals surface area contributed by atoms with Crippen LogP contribution in [-0.4, -0.2) is 19.0 Å². The summed E-state index contributed by atoms with van der Waals surface area (Å²) < 4.78 is 0. The molecule has 0 atom stereocenters. The molecule has 0 saturated heterocycles. The molecule has 30 valence electrons. The minimum absolute atomic E-state index is 0.829. The van der Waals surface area contributed by atoms with Crippen molar-refractivity contribution in [2.45, 2.75) is 0 Å². The highest BCUT2D eigenvalue weighted by Crippen LogP contribution is 1.42. The van der Waals surface area contributed by atoms with E-state index in [1.807, 2.05) is 7.05 Å². The summed E-state index contributed by atoms with van der Waals surface area (Å²) in [5.41, 5.74) is 0. The normalized spacial score (nSPS) is 7.40. The van der Waals surface area contributed by atoms with Gasteiger partial charge in [0.2, 0.25) is 0 Å². The van der Waals surface area contributed by atoms with Gasteiger partial charge in [-0.3, -0.25) is 0 Å². The second kappa shape index (κ2) is 4.05. The van der Waals surface area contributed by atoms with Gasteiger partial charge >= 0.3 is 0 Å². The van der Waals surface area contributed by atoms with E-state index in [1.165, 1.54) is 0 Å². The minimum atomic E-state index is 0.829. The second-order valence-electron chi connectivity index (χ2n) is 0.724. The van der Waals surface area contributed by atoms with Gasteiger partial charge in [-0.2, -0.15) is 0 Å². The van der Waals surface area contributed by atoms with Crippen LogP contribution < -0.4 is 5.32 Å². The Morgan fingerprint density at radius 1 is 2.00 bits per heavy atom. The van der Waals surface area contributed by atoms with Crippen molar-refractivity contribution in [3.8, 4) is 0 Å². The largest absolute Gasteiger partial charge is 0.315 e. The van der Waals surface area contributed by atoms with E-state index in [4.69, 9.17) is 0 Å². The van der Waals surface area contributed by atoms with Gasteiger partial charge in [-0.1, -0.05) is 12.2 Å². The monoisotopic (exact) mass is 89.0 g/mol. The van der Waals surface area contributed by atoms with Gasteiger partial charge < -0.3 is 5.32 Å². The summed E-state index contributed by atoms with van der Waals surface area (Å²) in [6.07, 6.45) is 0. The lowest BCUT2D eigenvalue weighted by molar-refractivity contribution is 0.964. The van der Waals surface area contributed by atoms with Crippen LogP contribution in [0.5, 0.6) is 0 Å². The lowest BCUT2D eigenvalue weighted by Crippen LogP contribution is -2.06. The molecule has 0 rings (SSSR count). The van der Waals surface area contributed by atoms with Gasteiger partial charge in [-0.25, -0.2) is 0 Å². The number of hydrogen-bond donors (Lipinski definition) is 1. The van der Waals surface area contributed by atoms with Gasteiger partial charge in [0.1, 0.15) is 0 Å². The van der Waals surface area contributed by atoms with Gasteiger partial charge in [0.15, 0.2) is 0 Å². The molecule has 2 heteroatoms. The number of rotatable bonds is 2. The molecular formula is C3H7NS. The second-order valence-corrected chi connectivity index (χ2v) is 1.06. The van der Waals surface area contributed by atoms with Crippen molar-refractivity contribution in [1.29, 1.82) is 0 Å². The maximum absolute atomic E-state index is 4.46.